The molecule has 5 heteroatoms. The van der Waals surface area contributed by atoms with E-state index in [1.165, 1.54) is 12.1 Å². The largest absolute Gasteiger partial charge is 0.496 e. The second-order valence-corrected chi connectivity index (χ2v) is 5.50. The predicted molar refractivity (Wildman–Crippen MR) is 85.9 cm³/mol. The third-order valence-electron chi connectivity index (χ3n) is 4.00. The van der Waals surface area contributed by atoms with Crippen LogP contribution < -0.4 is 19.9 Å². The highest BCUT2D eigenvalue weighted by molar-refractivity contribution is 5.45. The van der Waals surface area contributed by atoms with Crippen molar-refractivity contribution in [2.24, 2.45) is 5.73 Å². The third-order valence-corrected chi connectivity index (χ3v) is 4.00. The summed E-state index contributed by atoms with van der Waals surface area (Å²) >= 11 is 0. The molecule has 122 valence electrons. The highest BCUT2D eigenvalue weighted by Gasteiger charge is 2.18. The van der Waals surface area contributed by atoms with Crippen LogP contribution in [0.4, 0.5) is 4.39 Å². The van der Waals surface area contributed by atoms with E-state index < -0.39 is 0 Å². The summed E-state index contributed by atoms with van der Waals surface area (Å²) in [6, 6.07) is 10.4. The lowest BCUT2D eigenvalue weighted by molar-refractivity contribution is 0.171. The van der Waals surface area contributed by atoms with Crippen molar-refractivity contribution >= 4 is 0 Å². The Hall–Kier alpha value is -2.27. The Labute approximate surface area is 135 Å². The number of methoxy groups -OCH3 is 1. The summed E-state index contributed by atoms with van der Waals surface area (Å²) in [4.78, 5) is 0. The number of fused-ring (bicyclic) bond motifs is 1. The Kier molecular flexibility index (Phi) is 4.67. The Morgan fingerprint density at radius 3 is 2.65 bits per heavy atom. The molecule has 2 aromatic carbocycles. The zero-order valence-corrected chi connectivity index (χ0v) is 13.0. The minimum atomic E-state index is -0.290. The molecule has 1 aliphatic heterocycles. The number of hydrogen-bond donors (Lipinski definition) is 1. The minimum Gasteiger partial charge on any atom is -0.496 e. The van der Waals surface area contributed by atoms with E-state index in [4.69, 9.17) is 19.9 Å². The Bertz CT molecular complexity index is 690. The van der Waals surface area contributed by atoms with E-state index in [-0.39, 0.29) is 11.7 Å². The minimum absolute atomic E-state index is 0.0387. The Morgan fingerprint density at radius 1 is 1.13 bits per heavy atom. The zero-order chi connectivity index (χ0) is 16.2. The molecule has 4 nitrogen and oxygen atoms in total. The molecule has 3 rings (SSSR count). The van der Waals surface area contributed by atoms with Crippen molar-refractivity contribution < 1.29 is 18.6 Å². The first kappa shape index (κ1) is 15.6. The van der Waals surface area contributed by atoms with Crippen LogP contribution in [0.2, 0.25) is 0 Å². The molecule has 0 bridgehead atoms. The molecule has 2 N–H and O–H groups in total. The molecule has 0 saturated carbocycles. The number of halogens is 1. The van der Waals surface area contributed by atoms with Crippen LogP contribution in [0.25, 0.3) is 0 Å². The fraction of sp³-hybridized carbons (Fsp3) is 0.333. The van der Waals surface area contributed by atoms with Crippen LogP contribution in [0, 0.1) is 5.82 Å². The number of rotatable bonds is 5. The quantitative estimate of drug-likeness (QED) is 0.921. The number of ether oxygens (including phenoxy) is 3. The molecule has 1 aliphatic rings. The Balaban J connectivity index is 1.86. The maximum absolute atomic E-state index is 13.6. The topological polar surface area (TPSA) is 53.7 Å². The van der Waals surface area contributed by atoms with Crippen molar-refractivity contribution in [3.63, 3.8) is 0 Å². The van der Waals surface area contributed by atoms with E-state index in [1.807, 2.05) is 18.2 Å². The molecule has 0 aromatic heterocycles. The van der Waals surface area contributed by atoms with Gasteiger partial charge < -0.3 is 19.9 Å². The lowest BCUT2D eigenvalue weighted by atomic mass is 9.91. The molecular weight excluding hydrogens is 297 g/mol. The smallest absolute Gasteiger partial charge is 0.161 e. The molecule has 0 amide bonds. The number of hydrogen-bond acceptors (Lipinski definition) is 4. The first-order chi connectivity index (χ1) is 11.2. The van der Waals surface area contributed by atoms with Gasteiger partial charge >= 0.3 is 0 Å². The summed E-state index contributed by atoms with van der Waals surface area (Å²) in [6.07, 6.45) is 0.674. The zero-order valence-electron chi connectivity index (χ0n) is 13.0. The van der Waals surface area contributed by atoms with Gasteiger partial charge in [-0.15, -0.1) is 0 Å². The van der Waals surface area contributed by atoms with E-state index in [1.54, 1.807) is 13.2 Å². The van der Waals surface area contributed by atoms with Crippen LogP contribution in [-0.4, -0.2) is 26.9 Å². The highest BCUT2D eigenvalue weighted by atomic mass is 19.1. The average molecular weight is 317 g/mol. The van der Waals surface area contributed by atoms with Gasteiger partial charge in [0.25, 0.3) is 0 Å². The van der Waals surface area contributed by atoms with Crippen molar-refractivity contribution in [1.29, 1.82) is 0 Å². The van der Waals surface area contributed by atoms with Gasteiger partial charge in [-0.1, -0.05) is 6.07 Å². The van der Waals surface area contributed by atoms with Crippen LogP contribution in [0.5, 0.6) is 17.2 Å². The van der Waals surface area contributed by atoms with Crippen LogP contribution >= 0.6 is 0 Å². The van der Waals surface area contributed by atoms with Gasteiger partial charge in [0, 0.05) is 11.5 Å². The number of nitrogens with two attached hydrogens (primary N) is 1. The number of benzene rings is 2. The van der Waals surface area contributed by atoms with Crippen molar-refractivity contribution in [2.45, 2.75) is 12.3 Å². The molecule has 1 heterocycles. The predicted octanol–water partition coefficient (Wildman–Crippen LogP) is 2.89. The van der Waals surface area contributed by atoms with Crippen molar-refractivity contribution in [3.8, 4) is 17.2 Å². The maximum Gasteiger partial charge on any atom is 0.161 e. The lowest BCUT2D eigenvalue weighted by Gasteiger charge is -2.21. The summed E-state index contributed by atoms with van der Waals surface area (Å²) in [5.74, 6) is 1.83. The van der Waals surface area contributed by atoms with Gasteiger partial charge in [0.05, 0.1) is 7.11 Å². The molecule has 1 atom stereocenters. The van der Waals surface area contributed by atoms with Gasteiger partial charge in [-0.05, 0) is 48.9 Å². The van der Waals surface area contributed by atoms with Gasteiger partial charge in [-0.2, -0.15) is 0 Å². The molecule has 0 saturated heterocycles. The van der Waals surface area contributed by atoms with E-state index in [0.717, 1.165) is 22.6 Å². The monoisotopic (exact) mass is 317 g/mol. The van der Waals surface area contributed by atoms with Crippen LogP contribution in [0.15, 0.2) is 36.4 Å². The van der Waals surface area contributed by atoms with Gasteiger partial charge in [0.15, 0.2) is 11.5 Å². The van der Waals surface area contributed by atoms with E-state index in [9.17, 15) is 4.39 Å². The summed E-state index contributed by atoms with van der Waals surface area (Å²) in [5, 5.41) is 0. The van der Waals surface area contributed by atoms with E-state index in [2.05, 4.69) is 0 Å². The second kappa shape index (κ2) is 6.87. The molecule has 0 aliphatic carbocycles. The molecule has 23 heavy (non-hydrogen) atoms. The summed E-state index contributed by atoms with van der Waals surface area (Å²) < 4.78 is 30.1. The fourth-order valence-corrected chi connectivity index (χ4v) is 2.84. The van der Waals surface area contributed by atoms with Crippen molar-refractivity contribution in [3.05, 3.63) is 53.3 Å². The molecule has 0 fully saturated rings. The molecular formula is C18H20FNO3. The second-order valence-electron chi connectivity index (χ2n) is 5.50. The van der Waals surface area contributed by atoms with Crippen LogP contribution in [0.1, 0.15) is 17.0 Å². The summed E-state index contributed by atoms with van der Waals surface area (Å²) in [6.45, 7) is 1.51. The first-order valence-electron chi connectivity index (χ1n) is 7.63. The SMILES string of the molecule is COc1ccc(F)cc1C(CN)Cc1ccc2c(c1)OCCO2. The molecule has 1 unspecified atom stereocenters. The third kappa shape index (κ3) is 3.40. The van der Waals surface area contributed by atoms with Gasteiger partial charge in [0.1, 0.15) is 24.8 Å². The van der Waals surface area contributed by atoms with E-state index >= 15 is 0 Å². The van der Waals surface area contributed by atoms with Gasteiger partial charge in [0.2, 0.25) is 0 Å². The van der Waals surface area contributed by atoms with Gasteiger partial charge in [-0.25, -0.2) is 4.39 Å². The fourth-order valence-electron chi connectivity index (χ4n) is 2.84. The first-order valence-corrected chi connectivity index (χ1v) is 7.63. The van der Waals surface area contributed by atoms with Crippen LogP contribution in [-0.2, 0) is 6.42 Å². The summed E-state index contributed by atoms with van der Waals surface area (Å²) in [5.41, 5.74) is 7.78. The van der Waals surface area contributed by atoms with E-state index in [0.29, 0.717) is 31.9 Å². The highest BCUT2D eigenvalue weighted by Crippen LogP contribution is 2.34. The standard InChI is InChI=1S/C18H20FNO3/c1-21-16-5-3-14(19)10-15(16)13(11-20)8-12-2-4-17-18(9-12)23-7-6-22-17/h2-5,9-10,13H,6-8,11,20H2,1H3. The van der Waals surface area contributed by atoms with Crippen molar-refractivity contribution in [1.82, 2.24) is 0 Å². The maximum atomic E-state index is 13.6. The average Bonchev–Trinajstić information content (AvgIpc) is 2.59. The normalized spacial score (nSPS) is 14.4. The van der Waals surface area contributed by atoms with Gasteiger partial charge in [-0.3, -0.25) is 0 Å². The molecule has 2 aromatic rings. The molecule has 0 radical (unpaired) electrons. The van der Waals surface area contributed by atoms with Crippen molar-refractivity contribution in [2.75, 3.05) is 26.9 Å². The summed E-state index contributed by atoms with van der Waals surface area (Å²) in [7, 11) is 1.58. The molecule has 0 spiro atoms. The van der Waals surface area contributed by atoms with Crippen LogP contribution in [0.3, 0.4) is 0 Å². The Morgan fingerprint density at radius 2 is 1.91 bits per heavy atom. The lowest BCUT2D eigenvalue weighted by Crippen LogP contribution is -2.17.